The molecule has 1 rings (SSSR count). The normalized spacial score (nSPS) is 14.6. The molecule has 2 heteroatoms. The summed E-state index contributed by atoms with van der Waals surface area (Å²) in [6.45, 7) is 2.79. The molecule has 0 bridgehead atoms. The number of carbonyl (C=O) groups is 1. The molecule has 0 aromatic heterocycles. The fraction of sp³-hybridized carbons (Fsp3) is 0.643. The van der Waals surface area contributed by atoms with Crippen LogP contribution in [0.2, 0.25) is 0 Å². The average Bonchev–Trinajstić information content (AvgIpc) is 2.81. The third kappa shape index (κ3) is 5.15. The lowest BCUT2D eigenvalue weighted by Crippen LogP contribution is -2.13. The third-order valence-electron chi connectivity index (χ3n) is 2.76. The lowest BCUT2D eigenvalue weighted by atomic mass is 10.1. The molecule has 0 unspecified atom stereocenters. The van der Waals surface area contributed by atoms with Crippen LogP contribution in [0.3, 0.4) is 0 Å². The van der Waals surface area contributed by atoms with Gasteiger partial charge < -0.3 is 4.74 Å². The van der Waals surface area contributed by atoms with Gasteiger partial charge in [0.05, 0.1) is 12.5 Å². The van der Waals surface area contributed by atoms with Crippen LogP contribution in [0.5, 0.6) is 0 Å². The number of hydrogen-bond acceptors (Lipinski definition) is 2. The Morgan fingerprint density at radius 3 is 2.38 bits per heavy atom. The van der Waals surface area contributed by atoms with Crippen LogP contribution >= 0.6 is 0 Å². The Morgan fingerprint density at radius 1 is 1.06 bits per heavy atom. The lowest BCUT2D eigenvalue weighted by molar-refractivity contribution is -0.145. The Morgan fingerprint density at radius 2 is 1.69 bits per heavy atom. The van der Waals surface area contributed by atoms with Crippen molar-refractivity contribution < 1.29 is 9.53 Å². The molecule has 0 saturated heterocycles. The number of rotatable bonds is 8. The van der Waals surface area contributed by atoms with Crippen molar-refractivity contribution in [3.63, 3.8) is 0 Å². The van der Waals surface area contributed by atoms with E-state index in [1.54, 1.807) is 0 Å². The van der Waals surface area contributed by atoms with Gasteiger partial charge in [0, 0.05) is 0 Å². The second-order valence-corrected chi connectivity index (χ2v) is 4.23. The highest BCUT2D eigenvalue weighted by molar-refractivity contribution is 5.77. The van der Waals surface area contributed by atoms with Gasteiger partial charge >= 0.3 is 5.97 Å². The van der Waals surface area contributed by atoms with Crippen LogP contribution in [0.1, 0.15) is 45.4 Å². The van der Waals surface area contributed by atoms with E-state index in [1.165, 1.54) is 32.1 Å². The zero-order chi connectivity index (χ0) is 11.6. The Kier molecular flexibility index (Phi) is 6.62. The van der Waals surface area contributed by atoms with Crippen molar-refractivity contribution in [2.24, 2.45) is 5.92 Å². The first-order valence-corrected chi connectivity index (χ1v) is 6.36. The molecule has 0 heterocycles. The minimum absolute atomic E-state index is 0.112. The minimum Gasteiger partial charge on any atom is -0.465 e. The van der Waals surface area contributed by atoms with Gasteiger partial charge in [0.25, 0.3) is 0 Å². The van der Waals surface area contributed by atoms with Crippen molar-refractivity contribution in [3.05, 3.63) is 24.3 Å². The summed E-state index contributed by atoms with van der Waals surface area (Å²) in [4.78, 5) is 11.5. The Balaban J connectivity index is 1.92. The van der Waals surface area contributed by atoms with Crippen molar-refractivity contribution in [3.8, 4) is 0 Å². The van der Waals surface area contributed by atoms with Gasteiger partial charge in [-0.3, -0.25) is 4.79 Å². The topological polar surface area (TPSA) is 26.3 Å². The molecule has 0 amide bonds. The summed E-state index contributed by atoms with van der Waals surface area (Å²) in [6, 6.07) is 0. The summed E-state index contributed by atoms with van der Waals surface area (Å²) in [5, 5.41) is 0. The molecule has 0 aromatic carbocycles. The van der Waals surface area contributed by atoms with E-state index in [1.807, 2.05) is 24.3 Å². The largest absolute Gasteiger partial charge is 0.465 e. The first-order valence-electron chi connectivity index (χ1n) is 6.36. The molecule has 0 spiro atoms. The second-order valence-electron chi connectivity index (χ2n) is 4.23. The van der Waals surface area contributed by atoms with E-state index in [-0.39, 0.29) is 11.9 Å². The summed E-state index contributed by atoms with van der Waals surface area (Å²) >= 11 is 0. The van der Waals surface area contributed by atoms with Gasteiger partial charge in [0.15, 0.2) is 0 Å². The molecule has 1 aliphatic carbocycles. The van der Waals surface area contributed by atoms with Gasteiger partial charge in [0.2, 0.25) is 0 Å². The number of hydrogen-bond donors (Lipinski definition) is 0. The van der Waals surface area contributed by atoms with Crippen molar-refractivity contribution in [2.45, 2.75) is 45.4 Å². The predicted molar refractivity (Wildman–Crippen MR) is 66.1 cm³/mol. The van der Waals surface area contributed by atoms with Crippen LogP contribution in [0.15, 0.2) is 24.3 Å². The Hall–Kier alpha value is -1.05. The number of unbranched alkanes of at least 4 members (excludes halogenated alkanes) is 5. The fourth-order valence-corrected chi connectivity index (χ4v) is 1.74. The van der Waals surface area contributed by atoms with Crippen molar-refractivity contribution in [1.82, 2.24) is 0 Å². The van der Waals surface area contributed by atoms with E-state index in [2.05, 4.69) is 6.92 Å². The quantitative estimate of drug-likeness (QED) is 0.463. The van der Waals surface area contributed by atoms with E-state index in [0.29, 0.717) is 6.61 Å². The van der Waals surface area contributed by atoms with E-state index in [4.69, 9.17) is 4.74 Å². The standard InChI is InChI=1S/C14H22O2/c1-2-3-4-5-6-9-12-16-14(15)13-10-7-8-11-13/h7-8,10-11,13H,2-6,9,12H2,1H3. The van der Waals surface area contributed by atoms with Gasteiger partial charge in [-0.1, -0.05) is 63.3 Å². The lowest BCUT2D eigenvalue weighted by Gasteiger charge is -2.07. The molecule has 16 heavy (non-hydrogen) atoms. The summed E-state index contributed by atoms with van der Waals surface area (Å²) in [7, 11) is 0. The van der Waals surface area contributed by atoms with Crippen LogP contribution in [0.4, 0.5) is 0 Å². The first kappa shape index (κ1) is 13.0. The summed E-state index contributed by atoms with van der Waals surface area (Å²) < 4.78 is 5.19. The number of allylic oxidation sites excluding steroid dienone is 2. The number of esters is 1. The maximum Gasteiger partial charge on any atom is 0.316 e. The van der Waals surface area contributed by atoms with Crippen LogP contribution in [-0.4, -0.2) is 12.6 Å². The van der Waals surface area contributed by atoms with E-state index in [9.17, 15) is 4.79 Å². The van der Waals surface area contributed by atoms with Gasteiger partial charge in [-0.25, -0.2) is 0 Å². The second kappa shape index (κ2) is 8.14. The van der Waals surface area contributed by atoms with Crippen LogP contribution in [-0.2, 0) is 9.53 Å². The minimum atomic E-state index is -0.139. The summed E-state index contributed by atoms with van der Waals surface area (Å²) in [5.74, 6) is -0.251. The maximum absolute atomic E-state index is 11.5. The highest BCUT2D eigenvalue weighted by Crippen LogP contribution is 2.11. The molecule has 0 aliphatic heterocycles. The molecule has 0 aromatic rings. The monoisotopic (exact) mass is 222 g/mol. The predicted octanol–water partition coefficient (Wildman–Crippen LogP) is 3.63. The van der Waals surface area contributed by atoms with Gasteiger partial charge in [-0.2, -0.15) is 0 Å². The summed E-state index contributed by atoms with van der Waals surface area (Å²) in [5.41, 5.74) is 0. The fourth-order valence-electron chi connectivity index (χ4n) is 1.74. The maximum atomic E-state index is 11.5. The van der Waals surface area contributed by atoms with E-state index >= 15 is 0 Å². The molecule has 2 nitrogen and oxygen atoms in total. The van der Waals surface area contributed by atoms with Gasteiger partial charge in [-0.15, -0.1) is 0 Å². The zero-order valence-electron chi connectivity index (χ0n) is 10.2. The molecule has 1 aliphatic rings. The van der Waals surface area contributed by atoms with E-state index < -0.39 is 0 Å². The highest BCUT2D eigenvalue weighted by atomic mass is 16.5. The van der Waals surface area contributed by atoms with Crippen molar-refractivity contribution >= 4 is 5.97 Å². The molecular formula is C14H22O2. The zero-order valence-corrected chi connectivity index (χ0v) is 10.2. The Labute approximate surface area is 98.4 Å². The van der Waals surface area contributed by atoms with Crippen molar-refractivity contribution in [1.29, 1.82) is 0 Å². The number of carbonyl (C=O) groups excluding carboxylic acids is 1. The molecule has 0 N–H and O–H groups in total. The highest BCUT2D eigenvalue weighted by Gasteiger charge is 2.14. The molecule has 0 atom stereocenters. The van der Waals surface area contributed by atoms with Gasteiger partial charge in [-0.05, 0) is 6.42 Å². The third-order valence-corrected chi connectivity index (χ3v) is 2.76. The SMILES string of the molecule is CCCCCCCCOC(=O)C1C=CC=C1. The Bertz CT molecular complexity index is 241. The molecule has 0 fully saturated rings. The van der Waals surface area contributed by atoms with Crippen LogP contribution < -0.4 is 0 Å². The van der Waals surface area contributed by atoms with Crippen LogP contribution in [0, 0.1) is 5.92 Å². The molecule has 0 saturated carbocycles. The van der Waals surface area contributed by atoms with E-state index in [0.717, 1.165) is 6.42 Å². The molecule has 0 radical (unpaired) electrons. The first-order chi connectivity index (χ1) is 7.84. The average molecular weight is 222 g/mol. The number of ether oxygens (including phenoxy) is 1. The molecular weight excluding hydrogens is 200 g/mol. The van der Waals surface area contributed by atoms with Crippen LogP contribution in [0.25, 0.3) is 0 Å². The smallest absolute Gasteiger partial charge is 0.316 e. The molecule has 90 valence electrons. The summed E-state index contributed by atoms with van der Waals surface area (Å²) in [6.07, 6.45) is 14.8. The van der Waals surface area contributed by atoms with Gasteiger partial charge in [0.1, 0.15) is 0 Å². The van der Waals surface area contributed by atoms with Crippen molar-refractivity contribution in [2.75, 3.05) is 6.61 Å².